The van der Waals surface area contributed by atoms with E-state index in [1.807, 2.05) is 27.8 Å². The number of aromatic nitrogens is 2. The smallest absolute Gasteiger partial charge is 0.410 e. The van der Waals surface area contributed by atoms with Gasteiger partial charge in [0.25, 0.3) is 0 Å². The Hall–Kier alpha value is -1.08. The van der Waals surface area contributed by atoms with Crippen LogP contribution >= 0.6 is 15.9 Å². The van der Waals surface area contributed by atoms with Crippen LogP contribution in [0, 0.1) is 0 Å². The first-order valence-electron chi connectivity index (χ1n) is 6.52. The minimum absolute atomic E-state index is 0.0645. The van der Waals surface area contributed by atoms with Crippen molar-refractivity contribution < 1.29 is 14.3 Å². The van der Waals surface area contributed by atoms with Gasteiger partial charge in [-0.3, -0.25) is 4.68 Å². The van der Waals surface area contributed by atoms with E-state index in [1.165, 1.54) is 0 Å². The maximum Gasteiger partial charge on any atom is 0.410 e. The molecule has 0 radical (unpaired) electrons. The summed E-state index contributed by atoms with van der Waals surface area (Å²) in [5, 5.41) is 4.13. The summed E-state index contributed by atoms with van der Waals surface area (Å²) in [7, 11) is 1.86. The zero-order valence-electron chi connectivity index (χ0n) is 12.2. The first kappa shape index (κ1) is 15.3. The molecular weight excluding hydrogens is 326 g/mol. The van der Waals surface area contributed by atoms with Crippen LogP contribution in [0.2, 0.25) is 0 Å². The second kappa shape index (κ2) is 5.73. The number of carbonyl (C=O) groups is 1. The highest BCUT2D eigenvalue weighted by atomic mass is 79.9. The predicted octanol–water partition coefficient (Wildman–Crippen LogP) is 2.32. The quantitative estimate of drug-likeness (QED) is 0.843. The number of ether oxygens (including phenoxy) is 2. The number of hydrogen-bond acceptors (Lipinski definition) is 4. The number of carbonyl (C=O) groups excluding carboxylic acids is 1. The molecular formula is C13H20BrN3O3. The van der Waals surface area contributed by atoms with Crippen LogP contribution < -0.4 is 0 Å². The van der Waals surface area contributed by atoms with E-state index >= 15 is 0 Å². The third kappa shape index (κ3) is 3.73. The molecule has 2 rings (SSSR count). The van der Waals surface area contributed by atoms with Crippen molar-refractivity contribution in [2.24, 2.45) is 7.05 Å². The minimum atomic E-state index is -0.455. The Bertz CT molecular complexity index is 490. The lowest BCUT2D eigenvalue weighted by molar-refractivity contribution is -0.0692. The molecule has 1 fully saturated rings. The first-order valence-corrected chi connectivity index (χ1v) is 7.31. The van der Waals surface area contributed by atoms with Crippen molar-refractivity contribution in [2.45, 2.75) is 39.1 Å². The van der Waals surface area contributed by atoms with Gasteiger partial charge in [-0.1, -0.05) is 0 Å². The van der Waals surface area contributed by atoms with Crippen molar-refractivity contribution in [1.29, 1.82) is 0 Å². The Morgan fingerprint density at radius 1 is 1.50 bits per heavy atom. The highest BCUT2D eigenvalue weighted by molar-refractivity contribution is 9.10. The lowest BCUT2D eigenvalue weighted by atomic mass is 10.1. The summed E-state index contributed by atoms with van der Waals surface area (Å²) in [6.07, 6.45) is 1.56. The SMILES string of the molecule is Cn1ncc(COC2CN(C(=O)OC(C)(C)C)C2)c1Br. The summed E-state index contributed by atoms with van der Waals surface area (Å²) in [6, 6.07) is 0. The molecule has 1 aromatic rings. The predicted molar refractivity (Wildman–Crippen MR) is 77.3 cm³/mol. The lowest BCUT2D eigenvalue weighted by Crippen LogP contribution is -2.55. The molecule has 112 valence electrons. The largest absolute Gasteiger partial charge is 0.444 e. The maximum absolute atomic E-state index is 11.7. The van der Waals surface area contributed by atoms with Gasteiger partial charge in [0.2, 0.25) is 0 Å². The van der Waals surface area contributed by atoms with E-state index < -0.39 is 5.60 Å². The van der Waals surface area contributed by atoms with Gasteiger partial charge < -0.3 is 14.4 Å². The number of likely N-dealkylation sites (tertiary alicyclic amines) is 1. The molecule has 0 unspecified atom stereocenters. The summed E-state index contributed by atoms with van der Waals surface area (Å²) in [4.78, 5) is 13.4. The van der Waals surface area contributed by atoms with Crippen molar-refractivity contribution in [1.82, 2.24) is 14.7 Å². The summed E-state index contributed by atoms with van der Waals surface area (Å²) >= 11 is 3.44. The van der Waals surface area contributed by atoms with Crippen LogP contribution in [0.1, 0.15) is 26.3 Å². The van der Waals surface area contributed by atoms with Crippen molar-refractivity contribution in [3.8, 4) is 0 Å². The zero-order valence-corrected chi connectivity index (χ0v) is 13.8. The Balaban J connectivity index is 1.72. The van der Waals surface area contributed by atoms with E-state index in [9.17, 15) is 4.79 Å². The fourth-order valence-corrected chi connectivity index (χ4v) is 2.10. The van der Waals surface area contributed by atoms with Crippen LogP contribution in [-0.2, 0) is 23.1 Å². The van der Waals surface area contributed by atoms with Crippen LogP contribution in [0.15, 0.2) is 10.8 Å². The third-order valence-corrected chi connectivity index (χ3v) is 3.93. The van der Waals surface area contributed by atoms with Crippen LogP contribution in [-0.4, -0.2) is 45.6 Å². The number of amides is 1. The molecule has 20 heavy (non-hydrogen) atoms. The molecule has 1 aliphatic heterocycles. The normalized spacial score (nSPS) is 16.1. The monoisotopic (exact) mass is 345 g/mol. The number of aryl methyl sites for hydroxylation is 1. The van der Waals surface area contributed by atoms with Gasteiger partial charge in [-0.05, 0) is 36.7 Å². The van der Waals surface area contributed by atoms with E-state index in [4.69, 9.17) is 9.47 Å². The fraction of sp³-hybridized carbons (Fsp3) is 0.692. The Labute approximate surface area is 127 Å². The van der Waals surface area contributed by atoms with E-state index in [1.54, 1.807) is 15.8 Å². The molecule has 1 aromatic heterocycles. The first-order chi connectivity index (χ1) is 9.26. The van der Waals surface area contributed by atoms with Gasteiger partial charge in [0, 0.05) is 12.6 Å². The highest BCUT2D eigenvalue weighted by Crippen LogP contribution is 2.20. The van der Waals surface area contributed by atoms with Crippen LogP contribution in [0.4, 0.5) is 4.79 Å². The van der Waals surface area contributed by atoms with Gasteiger partial charge in [0.15, 0.2) is 0 Å². The van der Waals surface area contributed by atoms with E-state index in [0.29, 0.717) is 19.7 Å². The molecule has 0 aromatic carbocycles. The standard InChI is InChI=1S/C13H20BrN3O3/c1-13(2,3)20-12(18)17-6-10(7-17)19-8-9-5-15-16(4)11(9)14/h5,10H,6-8H2,1-4H3. The molecule has 0 saturated carbocycles. The highest BCUT2D eigenvalue weighted by Gasteiger charge is 2.34. The average Bonchev–Trinajstić information content (AvgIpc) is 2.56. The molecule has 1 saturated heterocycles. The minimum Gasteiger partial charge on any atom is -0.444 e. The molecule has 0 bridgehead atoms. The van der Waals surface area contributed by atoms with Gasteiger partial charge >= 0.3 is 6.09 Å². The Morgan fingerprint density at radius 2 is 2.15 bits per heavy atom. The van der Waals surface area contributed by atoms with Crippen LogP contribution in [0.3, 0.4) is 0 Å². The van der Waals surface area contributed by atoms with E-state index in [2.05, 4.69) is 21.0 Å². The second-order valence-electron chi connectivity index (χ2n) is 5.90. The summed E-state index contributed by atoms with van der Waals surface area (Å²) in [5.41, 5.74) is 0.548. The van der Waals surface area contributed by atoms with Crippen LogP contribution in [0.5, 0.6) is 0 Å². The molecule has 2 heterocycles. The molecule has 1 amide bonds. The molecule has 6 nitrogen and oxygen atoms in total. The van der Waals surface area contributed by atoms with Crippen molar-refractivity contribution in [3.05, 3.63) is 16.4 Å². The second-order valence-corrected chi connectivity index (χ2v) is 6.65. The molecule has 7 heteroatoms. The van der Waals surface area contributed by atoms with Crippen molar-refractivity contribution in [3.63, 3.8) is 0 Å². The summed E-state index contributed by atoms with van der Waals surface area (Å²) < 4.78 is 13.7. The molecule has 0 atom stereocenters. The van der Waals surface area contributed by atoms with Gasteiger partial charge in [-0.15, -0.1) is 0 Å². The van der Waals surface area contributed by atoms with Gasteiger partial charge in [0.1, 0.15) is 10.2 Å². The topological polar surface area (TPSA) is 56.6 Å². The number of rotatable bonds is 3. The third-order valence-electron chi connectivity index (χ3n) is 2.91. The van der Waals surface area contributed by atoms with Gasteiger partial charge in [-0.2, -0.15) is 5.10 Å². The van der Waals surface area contributed by atoms with Crippen LogP contribution in [0.25, 0.3) is 0 Å². The Morgan fingerprint density at radius 3 is 2.65 bits per heavy atom. The number of hydrogen-bond donors (Lipinski definition) is 0. The molecule has 0 spiro atoms. The van der Waals surface area contributed by atoms with Gasteiger partial charge in [0.05, 0.1) is 32.0 Å². The zero-order chi connectivity index (χ0) is 14.9. The Kier molecular flexibility index (Phi) is 4.39. The number of halogens is 1. The summed E-state index contributed by atoms with van der Waals surface area (Å²) in [5.74, 6) is 0. The lowest BCUT2D eigenvalue weighted by Gasteiger charge is -2.39. The molecule has 0 aliphatic carbocycles. The number of nitrogens with zero attached hydrogens (tertiary/aromatic N) is 3. The fourth-order valence-electron chi connectivity index (χ4n) is 1.79. The van der Waals surface area contributed by atoms with Crippen molar-refractivity contribution >= 4 is 22.0 Å². The summed E-state index contributed by atoms with van der Waals surface area (Å²) in [6.45, 7) is 7.22. The van der Waals surface area contributed by atoms with Gasteiger partial charge in [-0.25, -0.2) is 4.79 Å². The van der Waals surface area contributed by atoms with E-state index in [0.717, 1.165) is 10.2 Å². The van der Waals surface area contributed by atoms with E-state index in [-0.39, 0.29) is 12.2 Å². The molecule has 1 aliphatic rings. The molecule has 0 N–H and O–H groups in total. The average molecular weight is 346 g/mol. The van der Waals surface area contributed by atoms with Crippen molar-refractivity contribution in [2.75, 3.05) is 13.1 Å². The maximum atomic E-state index is 11.7.